The van der Waals surface area contributed by atoms with E-state index in [1.165, 1.54) is 0 Å². The molecule has 0 spiro atoms. The molecule has 0 saturated heterocycles. The number of benzene rings is 1. The quantitative estimate of drug-likeness (QED) is 0.690. The van der Waals surface area contributed by atoms with Gasteiger partial charge in [-0.2, -0.15) is 0 Å². The summed E-state index contributed by atoms with van der Waals surface area (Å²) in [5, 5.41) is 0. The number of ether oxygens (including phenoxy) is 2. The number of hydrogen-bond acceptors (Lipinski definition) is 5. The van der Waals surface area contributed by atoms with E-state index in [0.29, 0.717) is 12.5 Å². The first kappa shape index (κ1) is 17.0. The summed E-state index contributed by atoms with van der Waals surface area (Å²) in [6.07, 6.45) is 0.703. The minimum Gasteiger partial charge on any atom is -0.496 e. The van der Waals surface area contributed by atoms with Crippen molar-refractivity contribution in [2.45, 2.75) is 19.4 Å². The van der Waals surface area contributed by atoms with Gasteiger partial charge in [0.15, 0.2) is 0 Å². The number of aryl methyl sites for hydroxylation is 1. The van der Waals surface area contributed by atoms with E-state index in [0.717, 1.165) is 22.6 Å². The van der Waals surface area contributed by atoms with Crippen molar-refractivity contribution in [1.82, 2.24) is 0 Å². The molecule has 0 aromatic heterocycles. The molecule has 1 rings (SSSR count). The number of methoxy groups -OCH3 is 2. The molecule has 1 aromatic rings. The van der Waals surface area contributed by atoms with Crippen molar-refractivity contribution in [1.29, 1.82) is 0 Å². The molecule has 0 aliphatic carbocycles. The summed E-state index contributed by atoms with van der Waals surface area (Å²) >= 11 is 0. The predicted octanol–water partition coefficient (Wildman–Crippen LogP) is 2.43. The molecule has 0 aliphatic heterocycles. The molecular weight excluding hydrogens is 276 g/mol. The Morgan fingerprint density at radius 2 is 1.30 bits per heavy atom. The highest BCUT2D eigenvalue weighted by Crippen LogP contribution is 2.33. The van der Waals surface area contributed by atoms with Gasteiger partial charge in [0.1, 0.15) is 11.5 Å². The van der Waals surface area contributed by atoms with Crippen molar-refractivity contribution in [3.05, 3.63) is 23.3 Å². The van der Waals surface area contributed by atoms with E-state index in [1.807, 2.05) is 19.1 Å². The van der Waals surface area contributed by atoms with Crippen molar-refractivity contribution in [2.75, 3.05) is 35.5 Å². The lowest BCUT2D eigenvalue weighted by molar-refractivity contribution is 0.123. The average Bonchev–Trinajstić information content (AvgIpc) is 2.49. The molecule has 0 N–H and O–H groups in total. The Kier molecular flexibility index (Phi) is 6.48. The summed E-state index contributed by atoms with van der Waals surface area (Å²) in [5.41, 5.74) is 2.10. The van der Waals surface area contributed by atoms with Gasteiger partial charge < -0.3 is 22.8 Å². The van der Waals surface area contributed by atoms with Crippen LogP contribution in [0.2, 0.25) is 6.04 Å². The van der Waals surface area contributed by atoms with E-state index in [1.54, 1.807) is 35.5 Å². The van der Waals surface area contributed by atoms with Crippen LogP contribution in [0, 0.1) is 6.92 Å². The van der Waals surface area contributed by atoms with Crippen LogP contribution in [0.25, 0.3) is 0 Å². The topological polar surface area (TPSA) is 46.2 Å². The van der Waals surface area contributed by atoms with E-state index < -0.39 is 8.80 Å². The molecule has 0 bridgehead atoms. The summed E-state index contributed by atoms with van der Waals surface area (Å²) in [6.45, 7) is 2.01. The van der Waals surface area contributed by atoms with Crippen molar-refractivity contribution < 1.29 is 22.8 Å². The Morgan fingerprint density at radius 3 is 1.65 bits per heavy atom. The largest absolute Gasteiger partial charge is 0.500 e. The highest BCUT2D eigenvalue weighted by molar-refractivity contribution is 6.60. The monoisotopic (exact) mass is 300 g/mol. The lowest BCUT2D eigenvalue weighted by Crippen LogP contribution is -2.43. The van der Waals surface area contributed by atoms with Crippen molar-refractivity contribution in [3.8, 4) is 11.5 Å². The lowest BCUT2D eigenvalue weighted by Gasteiger charge is -2.25. The third-order valence-electron chi connectivity index (χ3n) is 3.37. The molecule has 0 radical (unpaired) electrons. The molecule has 6 heteroatoms. The van der Waals surface area contributed by atoms with Crippen LogP contribution in [0.15, 0.2) is 12.1 Å². The minimum atomic E-state index is -2.60. The molecule has 5 nitrogen and oxygen atoms in total. The first-order chi connectivity index (χ1) is 9.55. The van der Waals surface area contributed by atoms with Gasteiger partial charge in [-0.05, 0) is 31.0 Å². The van der Waals surface area contributed by atoms with Crippen LogP contribution in [-0.2, 0) is 19.7 Å². The summed E-state index contributed by atoms with van der Waals surface area (Å²) in [5.74, 6) is 1.63. The maximum absolute atomic E-state index is 5.45. The van der Waals surface area contributed by atoms with Crippen LogP contribution >= 0.6 is 0 Å². The third kappa shape index (κ3) is 3.73. The van der Waals surface area contributed by atoms with Gasteiger partial charge in [-0.1, -0.05) is 0 Å². The number of hydrogen-bond donors (Lipinski definition) is 0. The van der Waals surface area contributed by atoms with Crippen LogP contribution in [-0.4, -0.2) is 44.4 Å². The summed E-state index contributed by atoms with van der Waals surface area (Å²) < 4.78 is 27.2. The van der Waals surface area contributed by atoms with Crippen LogP contribution < -0.4 is 9.47 Å². The van der Waals surface area contributed by atoms with Crippen LogP contribution in [0.5, 0.6) is 11.5 Å². The fourth-order valence-corrected chi connectivity index (χ4v) is 3.86. The zero-order valence-corrected chi connectivity index (χ0v) is 14.1. The average molecular weight is 300 g/mol. The summed E-state index contributed by atoms with van der Waals surface area (Å²) in [4.78, 5) is 0. The predicted molar refractivity (Wildman–Crippen MR) is 79.6 cm³/mol. The molecule has 1 aromatic carbocycles. The highest BCUT2D eigenvalue weighted by Gasteiger charge is 2.37. The SMILES string of the molecule is COc1cc(C)cc(OC)c1CC[Si](OC)(OC)OC. The molecule has 114 valence electrons. The fraction of sp³-hybridized carbons (Fsp3) is 0.571. The molecule has 0 aliphatic rings. The van der Waals surface area contributed by atoms with E-state index in [-0.39, 0.29) is 0 Å². The van der Waals surface area contributed by atoms with E-state index in [2.05, 4.69) is 0 Å². The molecule has 0 saturated carbocycles. The lowest BCUT2D eigenvalue weighted by atomic mass is 10.1. The van der Waals surface area contributed by atoms with E-state index in [4.69, 9.17) is 22.8 Å². The van der Waals surface area contributed by atoms with Gasteiger partial charge in [-0.3, -0.25) is 0 Å². The maximum atomic E-state index is 5.45. The van der Waals surface area contributed by atoms with Gasteiger partial charge >= 0.3 is 8.80 Å². The van der Waals surface area contributed by atoms with Gasteiger partial charge in [0, 0.05) is 32.9 Å². The van der Waals surface area contributed by atoms with Crippen molar-refractivity contribution in [2.24, 2.45) is 0 Å². The van der Waals surface area contributed by atoms with Crippen LogP contribution in [0.1, 0.15) is 11.1 Å². The Balaban J connectivity index is 3.02. The third-order valence-corrected chi connectivity index (χ3v) is 6.09. The molecular formula is C14H24O5Si. The molecule has 20 heavy (non-hydrogen) atoms. The molecule has 0 amide bonds. The van der Waals surface area contributed by atoms with Crippen molar-refractivity contribution >= 4 is 8.80 Å². The zero-order chi connectivity index (χ0) is 15.2. The minimum absolute atomic E-state index is 0.659. The molecule has 0 atom stereocenters. The van der Waals surface area contributed by atoms with Gasteiger partial charge in [0.05, 0.1) is 14.2 Å². The second kappa shape index (κ2) is 7.63. The highest BCUT2D eigenvalue weighted by atomic mass is 28.4. The zero-order valence-electron chi connectivity index (χ0n) is 13.1. The number of rotatable bonds is 8. The normalized spacial score (nSPS) is 11.5. The van der Waals surface area contributed by atoms with Crippen LogP contribution in [0.3, 0.4) is 0 Å². The maximum Gasteiger partial charge on any atom is 0.500 e. The van der Waals surface area contributed by atoms with Crippen molar-refractivity contribution in [3.63, 3.8) is 0 Å². The van der Waals surface area contributed by atoms with Gasteiger partial charge in [0.25, 0.3) is 0 Å². The van der Waals surface area contributed by atoms with Gasteiger partial charge in [0.2, 0.25) is 0 Å². The summed E-state index contributed by atoms with van der Waals surface area (Å²) in [7, 11) is 5.56. The van der Waals surface area contributed by atoms with Crippen LogP contribution in [0.4, 0.5) is 0 Å². The first-order valence-corrected chi connectivity index (χ1v) is 8.36. The molecule has 0 unspecified atom stereocenters. The Labute approximate surface area is 122 Å². The summed E-state index contributed by atoms with van der Waals surface area (Å²) in [6, 6.07) is 4.65. The fourth-order valence-electron chi connectivity index (χ4n) is 2.20. The molecule has 0 heterocycles. The first-order valence-electron chi connectivity index (χ1n) is 6.42. The van der Waals surface area contributed by atoms with E-state index >= 15 is 0 Å². The van der Waals surface area contributed by atoms with Gasteiger partial charge in [-0.15, -0.1) is 0 Å². The second-order valence-corrected chi connectivity index (χ2v) is 7.53. The van der Waals surface area contributed by atoms with Gasteiger partial charge in [-0.25, -0.2) is 0 Å². The Hall–Kier alpha value is -1.08. The standard InChI is InChI=1S/C14H24O5Si/c1-11-9-13(15-2)12(14(10-11)16-3)7-8-20(17-4,18-5)19-6/h9-10H,7-8H2,1-6H3. The molecule has 0 fully saturated rings. The van der Waals surface area contributed by atoms with E-state index in [9.17, 15) is 0 Å². The second-order valence-electron chi connectivity index (χ2n) is 4.44. The smallest absolute Gasteiger partial charge is 0.496 e. The Bertz CT molecular complexity index is 398. The Morgan fingerprint density at radius 1 is 0.850 bits per heavy atom.